The first-order valence-corrected chi connectivity index (χ1v) is 18.7. The third-order valence-corrected chi connectivity index (χ3v) is 11.0. The predicted octanol–water partition coefficient (Wildman–Crippen LogP) is 2.96. The van der Waals surface area contributed by atoms with Crippen molar-refractivity contribution in [2.24, 2.45) is 17.3 Å². The molecule has 13 heteroatoms. The van der Waals surface area contributed by atoms with Crippen LogP contribution >= 0.6 is 0 Å². The highest BCUT2D eigenvalue weighted by Gasteiger charge is 2.51. The summed E-state index contributed by atoms with van der Waals surface area (Å²) < 4.78 is 0. The molecule has 3 aliphatic carbocycles. The Kier molecular flexibility index (Phi) is 11.0. The fourth-order valence-corrected chi connectivity index (χ4v) is 8.06. The van der Waals surface area contributed by atoms with Crippen LogP contribution in [0, 0.1) is 17.3 Å². The number of aromatic nitrogens is 2. The van der Waals surface area contributed by atoms with Crippen molar-refractivity contribution in [2.75, 3.05) is 6.54 Å². The summed E-state index contributed by atoms with van der Waals surface area (Å²) in [6.45, 7) is 5.17. The van der Waals surface area contributed by atoms with Gasteiger partial charge < -0.3 is 26.2 Å². The minimum Gasteiger partial charge on any atom is -0.347 e. The average Bonchev–Trinajstić information content (AvgIpc) is 3.86. The number of amides is 5. The van der Waals surface area contributed by atoms with Crippen LogP contribution in [0.2, 0.25) is 0 Å². The molecule has 0 aromatic carbocycles. The second-order valence-corrected chi connectivity index (χ2v) is 15.9. The van der Waals surface area contributed by atoms with Gasteiger partial charge in [-0.05, 0) is 86.5 Å². The highest BCUT2D eigenvalue weighted by molar-refractivity contribution is 6.37. The fourth-order valence-electron chi connectivity index (χ4n) is 8.06. The second kappa shape index (κ2) is 15.4. The van der Waals surface area contributed by atoms with Crippen molar-refractivity contribution in [3.05, 3.63) is 36.2 Å². The Hall–Kier alpha value is -4.42. The van der Waals surface area contributed by atoms with Gasteiger partial charge in [-0.2, -0.15) is 0 Å². The first kappa shape index (κ1) is 36.4. The number of ketones is 1. The Morgan fingerprint density at radius 2 is 1.61 bits per heavy atom. The van der Waals surface area contributed by atoms with Crippen molar-refractivity contribution in [1.82, 2.24) is 36.1 Å². The van der Waals surface area contributed by atoms with E-state index in [4.69, 9.17) is 0 Å². The third kappa shape index (κ3) is 8.56. The van der Waals surface area contributed by atoms with E-state index in [1.807, 2.05) is 26.8 Å². The highest BCUT2D eigenvalue weighted by Crippen LogP contribution is 2.41. The number of likely N-dealkylation sites (tertiary alicyclic amines) is 1. The molecule has 0 radical (unpaired) electrons. The van der Waals surface area contributed by atoms with Gasteiger partial charge in [0.1, 0.15) is 23.8 Å². The van der Waals surface area contributed by atoms with Gasteiger partial charge in [0, 0.05) is 23.7 Å². The number of nitrogens with one attached hydrogen (secondary N) is 4. The van der Waals surface area contributed by atoms with Crippen LogP contribution in [0.5, 0.6) is 0 Å². The lowest BCUT2D eigenvalue weighted by Gasteiger charge is -2.40. The zero-order valence-corrected chi connectivity index (χ0v) is 29.9. The molecule has 1 unspecified atom stereocenters. The number of Topliss-reactive ketones (excluding diaryl/α,β-unsaturated/α-hetero) is 1. The molecule has 6 rings (SSSR count). The van der Waals surface area contributed by atoms with Crippen LogP contribution in [-0.4, -0.2) is 86.9 Å². The summed E-state index contributed by atoms with van der Waals surface area (Å²) in [6, 6.07) is 4.14. The zero-order valence-electron chi connectivity index (χ0n) is 29.9. The lowest BCUT2D eigenvalue weighted by Crippen LogP contribution is -2.62. The Labute approximate surface area is 298 Å². The van der Waals surface area contributed by atoms with Gasteiger partial charge in [-0.25, -0.2) is 9.97 Å². The van der Waals surface area contributed by atoms with Gasteiger partial charge in [0.05, 0.1) is 6.54 Å². The van der Waals surface area contributed by atoms with E-state index in [0.717, 1.165) is 76.0 Å². The Bertz CT molecular complexity index is 1660. The monoisotopic (exact) mass is 701 g/mol. The molecule has 2 aromatic heterocycles. The molecule has 3 heterocycles. The Morgan fingerprint density at radius 3 is 2.33 bits per heavy atom. The lowest BCUT2D eigenvalue weighted by molar-refractivity contribution is -0.147. The molecule has 4 aliphatic rings. The van der Waals surface area contributed by atoms with E-state index in [0.29, 0.717) is 12.1 Å². The van der Waals surface area contributed by atoms with Crippen LogP contribution in [-0.2, 0) is 24.0 Å². The van der Waals surface area contributed by atoms with Crippen molar-refractivity contribution >= 4 is 46.4 Å². The summed E-state index contributed by atoms with van der Waals surface area (Å²) in [5.74, 6) is -3.23. The molecular formula is C38H51N7O6. The summed E-state index contributed by atoms with van der Waals surface area (Å²) >= 11 is 0. The topological polar surface area (TPSA) is 180 Å². The lowest BCUT2D eigenvalue weighted by atomic mass is 9.81. The summed E-state index contributed by atoms with van der Waals surface area (Å²) in [7, 11) is 0. The number of rotatable bonds is 11. The number of carbonyl (C=O) groups is 6. The highest BCUT2D eigenvalue weighted by atomic mass is 16.2. The first-order chi connectivity index (χ1) is 24.4. The number of hydrogen-bond donors (Lipinski definition) is 4. The summed E-state index contributed by atoms with van der Waals surface area (Å²) in [4.78, 5) is 91.4. The summed E-state index contributed by atoms with van der Waals surface area (Å²) in [5.41, 5.74) is -0.168. The van der Waals surface area contributed by atoms with Gasteiger partial charge in [0.2, 0.25) is 23.5 Å². The van der Waals surface area contributed by atoms with E-state index in [2.05, 4.69) is 31.2 Å². The number of hydrogen-bond acceptors (Lipinski definition) is 8. The predicted molar refractivity (Wildman–Crippen MR) is 189 cm³/mol. The van der Waals surface area contributed by atoms with E-state index < -0.39 is 59.5 Å². The number of nitrogens with zero attached hydrogens (tertiary/aromatic N) is 3. The Balaban J connectivity index is 1.21. The molecular weight excluding hydrogens is 650 g/mol. The maximum absolute atomic E-state index is 14.7. The maximum atomic E-state index is 14.7. The maximum Gasteiger partial charge on any atom is 0.289 e. The Morgan fingerprint density at radius 1 is 0.882 bits per heavy atom. The molecule has 0 spiro atoms. The van der Waals surface area contributed by atoms with Gasteiger partial charge >= 0.3 is 0 Å². The molecule has 2 aromatic rings. The van der Waals surface area contributed by atoms with Crippen LogP contribution in [0.1, 0.15) is 108 Å². The normalized spacial score (nSPS) is 23.4. The molecule has 274 valence electrons. The van der Waals surface area contributed by atoms with Crippen LogP contribution < -0.4 is 21.3 Å². The molecule has 4 N–H and O–H groups in total. The van der Waals surface area contributed by atoms with Crippen molar-refractivity contribution in [2.45, 2.75) is 128 Å². The largest absolute Gasteiger partial charge is 0.347 e. The van der Waals surface area contributed by atoms with E-state index >= 15 is 0 Å². The molecule has 0 bridgehead atoms. The third-order valence-electron chi connectivity index (χ3n) is 11.0. The molecule has 3 saturated carbocycles. The second-order valence-electron chi connectivity index (χ2n) is 15.9. The summed E-state index contributed by atoms with van der Waals surface area (Å²) in [5, 5.41) is 12.1. The van der Waals surface area contributed by atoms with E-state index in [1.54, 1.807) is 29.3 Å². The van der Waals surface area contributed by atoms with Crippen molar-refractivity contribution in [1.29, 1.82) is 0 Å². The quantitative estimate of drug-likeness (QED) is 0.258. The van der Waals surface area contributed by atoms with E-state index in [1.165, 1.54) is 0 Å². The zero-order chi connectivity index (χ0) is 36.3. The molecule has 1 saturated heterocycles. The van der Waals surface area contributed by atoms with Gasteiger partial charge in [-0.3, -0.25) is 28.8 Å². The minimum atomic E-state index is -1.00. The number of carbonyl (C=O) groups excluding carboxylic acids is 6. The SMILES string of the molecule is CC(C)(C)[C@H](NC(=O)C(NC(=O)c1ccc2cccnc2n1)C1CCCCC1)C(=O)N1[C@H](C(=O)NCC(=O)C(=O)NC2CC2)C[C@@H]2CCCC[C@@H]21. The van der Waals surface area contributed by atoms with Crippen LogP contribution in [0.15, 0.2) is 30.5 Å². The van der Waals surface area contributed by atoms with Crippen molar-refractivity contribution in [3.63, 3.8) is 0 Å². The molecule has 5 amide bonds. The van der Waals surface area contributed by atoms with Gasteiger partial charge in [0.25, 0.3) is 11.8 Å². The van der Waals surface area contributed by atoms with Crippen molar-refractivity contribution < 1.29 is 28.8 Å². The first-order valence-electron chi connectivity index (χ1n) is 18.7. The molecule has 4 fully saturated rings. The van der Waals surface area contributed by atoms with Gasteiger partial charge in [-0.15, -0.1) is 0 Å². The van der Waals surface area contributed by atoms with E-state index in [-0.39, 0.29) is 35.5 Å². The average molecular weight is 702 g/mol. The minimum absolute atomic E-state index is 0.0199. The van der Waals surface area contributed by atoms with Crippen LogP contribution in [0.4, 0.5) is 0 Å². The summed E-state index contributed by atoms with van der Waals surface area (Å²) in [6.07, 6.45) is 11.7. The van der Waals surface area contributed by atoms with Gasteiger partial charge in [0.15, 0.2) is 5.65 Å². The molecule has 1 aliphatic heterocycles. The smallest absolute Gasteiger partial charge is 0.289 e. The molecule has 5 atom stereocenters. The van der Waals surface area contributed by atoms with Crippen LogP contribution in [0.3, 0.4) is 0 Å². The van der Waals surface area contributed by atoms with E-state index in [9.17, 15) is 28.8 Å². The fraction of sp³-hybridized carbons (Fsp3) is 0.632. The van der Waals surface area contributed by atoms with Crippen molar-refractivity contribution in [3.8, 4) is 0 Å². The standard InChI is InChI=1S/C38H51N7O6/c1-38(2,3)31(37(51)45-27-14-8-7-12-24(27)20-28(45)34(48)40-21-29(46)35(49)41-25-16-17-25)44-36(50)30(22-10-5-4-6-11-22)43-33(47)26-18-15-23-13-9-19-39-32(23)42-26/h9,13,15,18-19,22,24-25,27-28,30-31H,4-8,10-12,14,16-17,20-21H2,1-3H3,(H,40,48)(H,41,49)(H,43,47)(H,44,50)/t24-,27-,28-,30?,31+/m0/s1. The molecule has 13 nitrogen and oxygen atoms in total. The van der Waals surface area contributed by atoms with Crippen LogP contribution in [0.25, 0.3) is 11.0 Å². The van der Waals surface area contributed by atoms with Gasteiger partial charge in [-0.1, -0.05) is 52.9 Å². The number of fused-ring (bicyclic) bond motifs is 2. The molecule has 51 heavy (non-hydrogen) atoms. The number of pyridine rings is 2.